The molecule has 0 unspecified atom stereocenters. The molecule has 3 heteroatoms. The lowest BCUT2D eigenvalue weighted by Gasteiger charge is -2.13. The maximum atomic E-state index is 5.64. The van der Waals surface area contributed by atoms with E-state index in [0.29, 0.717) is 13.2 Å². The topological polar surface area (TPSA) is 47.3 Å². The van der Waals surface area contributed by atoms with Crippen LogP contribution in [0.2, 0.25) is 0 Å². The molecule has 0 saturated heterocycles. The summed E-state index contributed by atoms with van der Waals surface area (Å²) >= 11 is 0. The van der Waals surface area contributed by atoms with Crippen molar-refractivity contribution < 1.29 is 4.74 Å². The van der Waals surface area contributed by atoms with E-state index in [-0.39, 0.29) is 0 Å². The van der Waals surface area contributed by atoms with Crippen LogP contribution in [0.5, 0.6) is 5.75 Å². The molecule has 0 aliphatic carbocycles. The van der Waals surface area contributed by atoms with Gasteiger partial charge in [-0.25, -0.2) is 0 Å². The zero-order valence-electron chi connectivity index (χ0n) is 9.15. The average molecular weight is 216 g/mol. The highest BCUT2D eigenvalue weighted by Gasteiger charge is 1.99. The second-order valence-electron chi connectivity index (χ2n) is 3.64. The molecule has 1 aromatic rings. The van der Waals surface area contributed by atoms with Crippen LogP contribution in [-0.2, 0) is 6.54 Å². The number of ether oxygens (including phenoxy) is 1. The Morgan fingerprint density at radius 2 is 2.06 bits per heavy atom. The maximum absolute atomic E-state index is 5.64. The Morgan fingerprint density at radius 1 is 1.25 bits per heavy atom. The summed E-state index contributed by atoms with van der Waals surface area (Å²) in [6.07, 6.45) is 6.13. The van der Waals surface area contributed by atoms with Crippen molar-refractivity contribution in [1.29, 1.82) is 0 Å². The first-order chi connectivity index (χ1) is 7.88. The minimum Gasteiger partial charge on any atom is -0.487 e. The molecular weight excluding hydrogens is 200 g/mol. The summed E-state index contributed by atoms with van der Waals surface area (Å²) in [6, 6.07) is 7.86. The summed E-state index contributed by atoms with van der Waals surface area (Å²) in [5, 5.41) is 3.24. The summed E-state index contributed by atoms with van der Waals surface area (Å²) in [4.78, 5) is 0. The first-order valence-corrected chi connectivity index (χ1v) is 5.40. The lowest BCUT2D eigenvalue weighted by Crippen LogP contribution is -2.20. The van der Waals surface area contributed by atoms with Gasteiger partial charge in [0.15, 0.2) is 0 Å². The van der Waals surface area contributed by atoms with E-state index < -0.39 is 0 Å². The van der Waals surface area contributed by atoms with Crippen LogP contribution in [0.25, 0.3) is 0 Å². The number of nitrogens with two attached hydrogens (primary N) is 1. The number of benzene rings is 1. The Bertz CT molecular complexity index is 393. The minimum atomic E-state index is 0.567. The molecule has 2 rings (SSSR count). The third kappa shape index (κ3) is 2.87. The fraction of sp³-hybridized carbons (Fsp3) is 0.231. The Morgan fingerprint density at radius 3 is 2.69 bits per heavy atom. The van der Waals surface area contributed by atoms with Gasteiger partial charge >= 0.3 is 0 Å². The summed E-state index contributed by atoms with van der Waals surface area (Å²) in [6.45, 7) is 2.02. The van der Waals surface area contributed by atoms with E-state index in [1.807, 2.05) is 36.4 Å². The first kappa shape index (κ1) is 10.8. The predicted octanol–water partition coefficient (Wildman–Crippen LogP) is 1.57. The molecule has 3 nitrogen and oxygen atoms in total. The Kier molecular flexibility index (Phi) is 3.62. The van der Waals surface area contributed by atoms with Gasteiger partial charge < -0.3 is 15.8 Å². The van der Waals surface area contributed by atoms with Crippen molar-refractivity contribution in [2.45, 2.75) is 6.54 Å². The lowest BCUT2D eigenvalue weighted by molar-refractivity contribution is 0.343. The van der Waals surface area contributed by atoms with Gasteiger partial charge in [-0.05, 0) is 23.8 Å². The monoisotopic (exact) mass is 216 g/mol. The van der Waals surface area contributed by atoms with Gasteiger partial charge in [0.05, 0.1) is 0 Å². The van der Waals surface area contributed by atoms with Gasteiger partial charge in [0.2, 0.25) is 0 Å². The number of allylic oxidation sites excluding steroid dienone is 2. The summed E-state index contributed by atoms with van der Waals surface area (Å²) in [5.74, 6) is 0.870. The smallest absolute Gasteiger partial charge is 0.128 e. The SMILES string of the molecule is NCc1ccc(OCC2=CC=CCN2)cc1. The highest BCUT2D eigenvalue weighted by molar-refractivity contribution is 5.28. The molecule has 84 valence electrons. The molecule has 0 atom stereocenters. The number of hydrogen-bond acceptors (Lipinski definition) is 3. The molecule has 0 aromatic heterocycles. The minimum absolute atomic E-state index is 0.567. The van der Waals surface area contributed by atoms with Crippen molar-refractivity contribution in [1.82, 2.24) is 5.32 Å². The standard InChI is InChI=1S/C13H16N2O/c14-9-11-4-6-13(7-5-11)16-10-12-3-1-2-8-15-12/h1-7,15H,8-10,14H2. The zero-order chi connectivity index (χ0) is 11.2. The molecule has 0 radical (unpaired) electrons. The normalized spacial score (nSPS) is 14.2. The van der Waals surface area contributed by atoms with Crippen LogP contribution >= 0.6 is 0 Å². The zero-order valence-corrected chi connectivity index (χ0v) is 9.15. The Hall–Kier alpha value is -1.74. The highest BCUT2D eigenvalue weighted by Crippen LogP contribution is 2.12. The van der Waals surface area contributed by atoms with E-state index in [9.17, 15) is 0 Å². The molecule has 3 N–H and O–H groups in total. The molecule has 1 aliphatic rings. The third-order valence-corrected chi connectivity index (χ3v) is 2.43. The molecule has 1 aliphatic heterocycles. The number of dihydropyridines is 1. The van der Waals surface area contributed by atoms with Crippen molar-refractivity contribution in [3.05, 3.63) is 53.8 Å². The average Bonchev–Trinajstić information content (AvgIpc) is 2.38. The molecule has 1 aromatic carbocycles. The van der Waals surface area contributed by atoms with Gasteiger partial charge in [0.25, 0.3) is 0 Å². The van der Waals surface area contributed by atoms with Crippen molar-refractivity contribution in [2.24, 2.45) is 5.73 Å². The van der Waals surface area contributed by atoms with Gasteiger partial charge in [0, 0.05) is 18.8 Å². The molecule has 1 heterocycles. The van der Waals surface area contributed by atoms with E-state index in [0.717, 1.165) is 23.6 Å². The van der Waals surface area contributed by atoms with Crippen molar-refractivity contribution in [2.75, 3.05) is 13.2 Å². The van der Waals surface area contributed by atoms with Crippen LogP contribution in [0.1, 0.15) is 5.56 Å². The predicted molar refractivity (Wildman–Crippen MR) is 65.1 cm³/mol. The summed E-state index contributed by atoms with van der Waals surface area (Å²) < 4.78 is 5.64. The molecule has 0 fully saturated rings. The largest absolute Gasteiger partial charge is 0.487 e. The highest BCUT2D eigenvalue weighted by atomic mass is 16.5. The fourth-order valence-electron chi connectivity index (χ4n) is 1.48. The third-order valence-electron chi connectivity index (χ3n) is 2.43. The summed E-state index contributed by atoms with van der Waals surface area (Å²) in [7, 11) is 0. The van der Waals surface area contributed by atoms with Gasteiger partial charge in [-0.15, -0.1) is 0 Å². The van der Waals surface area contributed by atoms with Crippen LogP contribution in [0.4, 0.5) is 0 Å². The number of nitrogens with one attached hydrogen (secondary N) is 1. The molecular formula is C13H16N2O. The van der Waals surface area contributed by atoms with E-state index in [2.05, 4.69) is 11.4 Å². The van der Waals surface area contributed by atoms with Crippen molar-refractivity contribution in [3.63, 3.8) is 0 Å². The van der Waals surface area contributed by atoms with Gasteiger partial charge in [-0.1, -0.05) is 24.3 Å². The Labute approximate surface area is 95.6 Å². The maximum Gasteiger partial charge on any atom is 0.128 e. The van der Waals surface area contributed by atoms with Gasteiger partial charge in [-0.3, -0.25) is 0 Å². The quantitative estimate of drug-likeness (QED) is 0.803. The molecule has 16 heavy (non-hydrogen) atoms. The summed E-state index contributed by atoms with van der Waals surface area (Å²) in [5.41, 5.74) is 7.74. The molecule has 0 bridgehead atoms. The second-order valence-corrected chi connectivity index (χ2v) is 3.64. The number of rotatable bonds is 4. The van der Waals surface area contributed by atoms with Gasteiger partial charge in [0.1, 0.15) is 12.4 Å². The van der Waals surface area contributed by atoms with Crippen LogP contribution in [0.15, 0.2) is 48.2 Å². The molecule has 0 spiro atoms. The first-order valence-electron chi connectivity index (χ1n) is 5.40. The van der Waals surface area contributed by atoms with Crippen LogP contribution in [0, 0.1) is 0 Å². The fourth-order valence-corrected chi connectivity index (χ4v) is 1.48. The Balaban J connectivity index is 1.89. The molecule has 0 amide bonds. The van der Waals surface area contributed by atoms with E-state index in [1.165, 1.54) is 0 Å². The second kappa shape index (κ2) is 5.37. The van der Waals surface area contributed by atoms with Crippen LogP contribution in [0.3, 0.4) is 0 Å². The van der Waals surface area contributed by atoms with E-state index in [1.54, 1.807) is 0 Å². The molecule has 0 saturated carbocycles. The lowest BCUT2D eigenvalue weighted by atomic mass is 10.2. The van der Waals surface area contributed by atoms with Gasteiger partial charge in [-0.2, -0.15) is 0 Å². The van der Waals surface area contributed by atoms with E-state index >= 15 is 0 Å². The number of hydrogen-bond donors (Lipinski definition) is 2. The van der Waals surface area contributed by atoms with E-state index in [4.69, 9.17) is 10.5 Å². The van der Waals surface area contributed by atoms with Crippen LogP contribution in [-0.4, -0.2) is 13.2 Å². The van der Waals surface area contributed by atoms with Crippen molar-refractivity contribution in [3.8, 4) is 5.75 Å². The van der Waals surface area contributed by atoms with Crippen LogP contribution < -0.4 is 15.8 Å². The van der Waals surface area contributed by atoms with Crippen molar-refractivity contribution >= 4 is 0 Å².